The highest BCUT2D eigenvalue weighted by molar-refractivity contribution is 6.32. The summed E-state index contributed by atoms with van der Waals surface area (Å²) in [6.07, 6.45) is 0. The summed E-state index contributed by atoms with van der Waals surface area (Å²) in [6.45, 7) is 5.14. The first-order valence-corrected chi connectivity index (χ1v) is 4.48. The van der Waals surface area contributed by atoms with Crippen LogP contribution in [-0.2, 0) is 4.79 Å². The topological polar surface area (TPSA) is 26.3 Å². The van der Waals surface area contributed by atoms with Crippen LogP contribution in [0.4, 0.5) is 0 Å². The summed E-state index contributed by atoms with van der Waals surface area (Å²) in [6, 6.07) is 5.14. The Morgan fingerprint density at radius 1 is 1.50 bits per heavy atom. The number of benzene rings is 1. The molecule has 0 spiro atoms. The highest BCUT2D eigenvalue weighted by Crippen LogP contribution is 2.27. The number of Topliss-reactive ketones (excluding diaryl/α,β-unsaturated/α-hetero) is 1. The monoisotopic (exact) mass is 210 g/mol. The van der Waals surface area contributed by atoms with E-state index < -0.39 is 0 Å². The molecule has 2 nitrogen and oxygen atoms in total. The van der Waals surface area contributed by atoms with Crippen molar-refractivity contribution in [3.63, 3.8) is 0 Å². The van der Waals surface area contributed by atoms with E-state index in [1.54, 1.807) is 25.3 Å². The van der Waals surface area contributed by atoms with Gasteiger partial charge in [0, 0.05) is 5.57 Å². The fourth-order valence-corrected chi connectivity index (χ4v) is 1.32. The smallest absolute Gasteiger partial charge is 0.159 e. The molecule has 0 aliphatic carbocycles. The van der Waals surface area contributed by atoms with E-state index in [4.69, 9.17) is 16.3 Å². The standard InChI is InChI=1S/C11H11ClO2/c1-7(8(2)13)9-4-5-11(14-3)10(12)6-9/h4-6H,1H2,2-3H3. The van der Waals surface area contributed by atoms with Crippen molar-refractivity contribution in [2.75, 3.05) is 7.11 Å². The van der Waals surface area contributed by atoms with Gasteiger partial charge in [-0.25, -0.2) is 0 Å². The lowest BCUT2D eigenvalue weighted by atomic mass is 10.0. The number of rotatable bonds is 3. The van der Waals surface area contributed by atoms with Crippen LogP contribution in [0.25, 0.3) is 5.57 Å². The first kappa shape index (κ1) is 10.8. The zero-order valence-corrected chi connectivity index (χ0v) is 8.89. The van der Waals surface area contributed by atoms with Crippen LogP contribution in [0.5, 0.6) is 5.75 Å². The van der Waals surface area contributed by atoms with Gasteiger partial charge in [-0.05, 0) is 24.6 Å². The number of halogens is 1. The van der Waals surface area contributed by atoms with Crippen LogP contribution >= 0.6 is 11.6 Å². The quantitative estimate of drug-likeness (QED) is 0.717. The van der Waals surface area contributed by atoms with E-state index in [1.165, 1.54) is 6.92 Å². The molecule has 0 N–H and O–H groups in total. The molecule has 0 atom stereocenters. The number of methoxy groups -OCH3 is 1. The fraction of sp³-hybridized carbons (Fsp3) is 0.182. The third kappa shape index (κ3) is 2.15. The van der Waals surface area contributed by atoms with Crippen LogP contribution in [0, 0.1) is 0 Å². The van der Waals surface area contributed by atoms with Crippen molar-refractivity contribution in [3.8, 4) is 5.75 Å². The average molecular weight is 211 g/mol. The van der Waals surface area contributed by atoms with Crippen molar-refractivity contribution < 1.29 is 9.53 Å². The van der Waals surface area contributed by atoms with E-state index in [0.717, 1.165) is 5.56 Å². The second kappa shape index (κ2) is 4.29. The van der Waals surface area contributed by atoms with Crippen LogP contribution in [0.2, 0.25) is 5.02 Å². The molecule has 0 heterocycles. The third-order valence-electron chi connectivity index (χ3n) is 1.93. The van der Waals surface area contributed by atoms with Gasteiger partial charge in [0.15, 0.2) is 5.78 Å². The molecule has 1 rings (SSSR count). The molecule has 0 aromatic heterocycles. The van der Waals surface area contributed by atoms with E-state index in [2.05, 4.69) is 6.58 Å². The molecule has 1 aromatic carbocycles. The van der Waals surface area contributed by atoms with Gasteiger partial charge in [0.25, 0.3) is 0 Å². The maximum atomic E-state index is 11.0. The predicted molar refractivity (Wildman–Crippen MR) is 57.7 cm³/mol. The second-order valence-electron chi connectivity index (χ2n) is 2.88. The molecule has 3 heteroatoms. The molecular formula is C11H11ClO2. The van der Waals surface area contributed by atoms with Gasteiger partial charge in [-0.2, -0.15) is 0 Å². The summed E-state index contributed by atoms with van der Waals surface area (Å²) in [4.78, 5) is 11.0. The molecular weight excluding hydrogens is 200 g/mol. The Balaban J connectivity index is 3.09. The number of carbonyl (C=O) groups excluding carboxylic acids is 1. The zero-order chi connectivity index (χ0) is 10.7. The molecule has 0 aliphatic heterocycles. The Labute approximate surface area is 88.1 Å². The minimum atomic E-state index is -0.0637. The number of carbonyl (C=O) groups is 1. The van der Waals surface area contributed by atoms with Gasteiger partial charge >= 0.3 is 0 Å². The number of ketones is 1. The molecule has 0 aliphatic rings. The average Bonchev–Trinajstić information content (AvgIpc) is 2.16. The van der Waals surface area contributed by atoms with E-state index in [0.29, 0.717) is 16.3 Å². The van der Waals surface area contributed by atoms with Gasteiger partial charge in [-0.3, -0.25) is 4.79 Å². The van der Waals surface area contributed by atoms with Crippen molar-refractivity contribution in [2.24, 2.45) is 0 Å². The second-order valence-corrected chi connectivity index (χ2v) is 3.29. The van der Waals surface area contributed by atoms with Crippen molar-refractivity contribution >= 4 is 23.0 Å². The minimum absolute atomic E-state index is 0.0637. The van der Waals surface area contributed by atoms with Gasteiger partial charge in [0.1, 0.15) is 5.75 Å². The summed E-state index contributed by atoms with van der Waals surface area (Å²) in [5, 5.41) is 0.479. The van der Waals surface area contributed by atoms with Crippen LogP contribution in [-0.4, -0.2) is 12.9 Å². The van der Waals surface area contributed by atoms with Crippen molar-refractivity contribution in [1.29, 1.82) is 0 Å². The molecule has 0 saturated heterocycles. The summed E-state index contributed by atoms with van der Waals surface area (Å²) >= 11 is 5.90. The normalized spacial score (nSPS) is 9.64. The zero-order valence-electron chi connectivity index (χ0n) is 8.13. The number of hydrogen-bond acceptors (Lipinski definition) is 2. The highest BCUT2D eigenvalue weighted by atomic mass is 35.5. The Morgan fingerprint density at radius 2 is 2.14 bits per heavy atom. The fourth-order valence-electron chi connectivity index (χ4n) is 1.06. The lowest BCUT2D eigenvalue weighted by molar-refractivity contribution is -0.111. The van der Waals surface area contributed by atoms with Gasteiger partial charge in [-0.1, -0.05) is 24.2 Å². The lowest BCUT2D eigenvalue weighted by Gasteiger charge is -2.06. The van der Waals surface area contributed by atoms with Gasteiger partial charge < -0.3 is 4.74 Å². The summed E-state index contributed by atoms with van der Waals surface area (Å²) in [7, 11) is 1.54. The minimum Gasteiger partial charge on any atom is -0.495 e. The SMILES string of the molecule is C=C(C(C)=O)c1ccc(OC)c(Cl)c1. The van der Waals surface area contributed by atoms with Gasteiger partial charge in [-0.15, -0.1) is 0 Å². The lowest BCUT2D eigenvalue weighted by Crippen LogP contribution is -1.94. The van der Waals surface area contributed by atoms with Crippen LogP contribution in [0.15, 0.2) is 24.8 Å². The molecule has 74 valence electrons. The Bertz CT molecular complexity index is 383. The number of ether oxygens (including phenoxy) is 1. The first-order chi connectivity index (χ1) is 6.56. The predicted octanol–water partition coefficient (Wildman–Crippen LogP) is 2.95. The maximum Gasteiger partial charge on any atom is 0.159 e. The summed E-state index contributed by atoms with van der Waals surface area (Å²) in [5.74, 6) is 0.526. The molecule has 0 unspecified atom stereocenters. The van der Waals surface area contributed by atoms with E-state index >= 15 is 0 Å². The van der Waals surface area contributed by atoms with E-state index in [1.807, 2.05) is 0 Å². The Kier molecular flexibility index (Phi) is 3.31. The molecule has 1 aromatic rings. The summed E-state index contributed by atoms with van der Waals surface area (Å²) in [5.41, 5.74) is 1.18. The number of hydrogen-bond donors (Lipinski definition) is 0. The van der Waals surface area contributed by atoms with E-state index in [9.17, 15) is 4.79 Å². The molecule has 0 radical (unpaired) electrons. The largest absolute Gasteiger partial charge is 0.495 e. The van der Waals surface area contributed by atoms with Crippen molar-refractivity contribution in [3.05, 3.63) is 35.4 Å². The van der Waals surface area contributed by atoms with Crippen LogP contribution < -0.4 is 4.74 Å². The molecule has 0 fully saturated rings. The van der Waals surface area contributed by atoms with Crippen LogP contribution in [0.1, 0.15) is 12.5 Å². The summed E-state index contributed by atoms with van der Waals surface area (Å²) < 4.78 is 4.99. The molecule has 0 amide bonds. The van der Waals surface area contributed by atoms with Crippen molar-refractivity contribution in [2.45, 2.75) is 6.92 Å². The van der Waals surface area contributed by atoms with Crippen LogP contribution in [0.3, 0.4) is 0 Å². The third-order valence-corrected chi connectivity index (χ3v) is 2.22. The van der Waals surface area contributed by atoms with Gasteiger partial charge in [0.05, 0.1) is 12.1 Å². The Hall–Kier alpha value is -1.28. The van der Waals surface area contributed by atoms with E-state index in [-0.39, 0.29) is 5.78 Å². The molecule has 0 bridgehead atoms. The molecule has 0 saturated carbocycles. The Morgan fingerprint density at radius 3 is 2.57 bits per heavy atom. The maximum absolute atomic E-state index is 11.0. The molecule has 14 heavy (non-hydrogen) atoms. The van der Waals surface area contributed by atoms with Crippen molar-refractivity contribution in [1.82, 2.24) is 0 Å². The number of allylic oxidation sites excluding steroid dienone is 1. The highest BCUT2D eigenvalue weighted by Gasteiger charge is 2.07. The first-order valence-electron chi connectivity index (χ1n) is 4.10. The van der Waals surface area contributed by atoms with Gasteiger partial charge in [0.2, 0.25) is 0 Å².